The van der Waals surface area contributed by atoms with Crippen molar-refractivity contribution in [1.29, 1.82) is 0 Å². The number of carbonyl (C=O) groups excluding carboxylic acids is 2. The van der Waals surface area contributed by atoms with Crippen molar-refractivity contribution in [1.82, 2.24) is 34.5 Å². The van der Waals surface area contributed by atoms with E-state index in [2.05, 4.69) is 56.1 Å². The fraction of sp³-hybridized carbons (Fsp3) is 0.447. The summed E-state index contributed by atoms with van der Waals surface area (Å²) in [6, 6.07) is 16.2. The zero-order chi connectivity index (χ0) is 35.3. The molecule has 13 nitrogen and oxygen atoms in total. The number of pyridine rings is 2. The van der Waals surface area contributed by atoms with Crippen molar-refractivity contribution in [2.75, 3.05) is 55.6 Å². The molecule has 7 heterocycles. The van der Waals surface area contributed by atoms with Gasteiger partial charge in [0, 0.05) is 80.5 Å². The van der Waals surface area contributed by atoms with Gasteiger partial charge in [-0.05, 0) is 76.6 Å². The summed E-state index contributed by atoms with van der Waals surface area (Å²) < 4.78 is 7.40. The lowest BCUT2D eigenvalue weighted by atomic mass is 9.85. The maximum atomic E-state index is 14.1. The molecule has 4 aliphatic heterocycles. The highest BCUT2D eigenvalue weighted by atomic mass is 16.5. The van der Waals surface area contributed by atoms with E-state index in [0.717, 1.165) is 66.3 Å². The van der Waals surface area contributed by atoms with Gasteiger partial charge in [-0.2, -0.15) is 5.10 Å². The van der Waals surface area contributed by atoms with Crippen molar-refractivity contribution >= 4 is 29.0 Å². The van der Waals surface area contributed by atoms with Gasteiger partial charge in [0.05, 0.1) is 36.0 Å². The molecule has 0 radical (unpaired) electrons. The van der Waals surface area contributed by atoms with Crippen molar-refractivity contribution in [3.8, 4) is 17.3 Å². The number of aliphatic imine (C=N–C) groups is 1. The van der Waals surface area contributed by atoms with Crippen LogP contribution in [0.25, 0.3) is 11.4 Å². The van der Waals surface area contributed by atoms with Crippen LogP contribution in [-0.2, 0) is 23.2 Å². The number of carbonyl (C=O) groups is 2. The molecule has 0 N–H and O–H groups in total. The number of anilines is 2. The number of aryl methyl sites for hydroxylation is 1. The monoisotopic (exact) mass is 688 g/mol. The number of fused-ring (bicyclic) bond motifs is 1. The number of aromatic nitrogens is 5. The van der Waals surface area contributed by atoms with Crippen LogP contribution in [0.4, 0.5) is 11.5 Å². The van der Waals surface area contributed by atoms with Crippen LogP contribution in [0.5, 0.6) is 5.88 Å². The predicted molar refractivity (Wildman–Crippen MR) is 194 cm³/mol. The number of hydrogen-bond donors (Lipinski definition) is 0. The molecule has 1 aromatic carbocycles. The highest BCUT2D eigenvalue weighted by Gasteiger charge is 2.51. The van der Waals surface area contributed by atoms with E-state index in [0.29, 0.717) is 50.2 Å². The van der Waals surface area contributed by atoms with E-state index in [4.69, 9.17) is 14.7 Å². The smallest absolute Gasteiger partial charge is 0.237 e. The molecule has 13 heteroatoms. The van der Waals surface area contributed by atoms with Crippen LogP contribution in [-0.4, -0.2) is 110 Å². The van der Waals surface area contributed by atoms with Gasteiger partial charge in [-0.1, -0.05) is 6.07 Å². The fourth-order valence-corrected chi connectivity index (χ4v) is 7.91. The molecule has 3 aromatic heterocycles. The van der Waals surface area contributed by atoms with Crippen molar-refractivity contribution in [3.05, 3.63) is 77.9 Å². The molecule has 2 amide bonds. The third kappa shape index (κ3) is 6.35. The third-order valence-corrected chi connectivity index (χ3v) is 10.6. The summed E-state index contributed by atoms with van der Waals surface area (Å²) in [5.41, 5.74) is 5.11. The van der Waals surface area contributed by atoms with Gasteiger partial charge in [0.1, 0.15) is 12.1 Å². The maximum absolute atomic E-state index is 14.1. The summed E-state index contributed by atoms with van der Waals surface area (Å²) in [5, 5.41) is 4.39. The molecule has 4 aliphatic rings. The number of rotatable bonds is 8. The second kappa shape index (κ2) is 13.2. The first-order valence-corrected chi connectivity index (χ1v) is 17.9. The number of nitrogens with zero attached hydrogens (tertiary/aromatic N) is 10. The van der Waals surface area contributed by atoms with E-state index >= 15 is 0 Å². The minimum Gasteiger partial charge on any atom is -0.475 e. The predicted octanol–water partition coefficient (Wildman–Crippen LogP) is 3.58. The Labute approximate surface area is 298 Å². The SMILES string of the molecule is CC(C)Oc1ccc(C2=NCc3ccc(N4CC[C@]5(CCN(CC(=O)N6CCN(c7ccc(-c8ncn(C)n8)cc7)C[C@H]6C)C5)C4=O)nc32)cn1. The minimum absolute atomic E-state index is 0.0447. The van der Waals surface area contributed by atoms with Crippen LogP contribution in [0.1, 0.15) is 50.4 Å². The molecule has 51 heavy (non-hydrogen) atoms. The molecule has 4 aromatic rings. The summed E-state index contributed by atoms with van der Waals surface area (Å²) >= 11 is 0. The summed E-state index contributed by atoms with van der Waals surface area (Å²) in [6.45, 7) is 11.1. The molecule has 0 bridgehead atoms. The third-order valence-electron chi connectivity index (χ3n) is 10.6. The molecule has 0 unspecified atom stereocenters. The van der Waals surface area contributed by atoms with Gasteiger partial charge in [0.25, 0.3) is 0 Å². The normalized spacial score (nSPS) is 22.0. The first-order valence-electron chi connectivity index (χ1n) is 17.9. The lowest BCUT2D eigenvalue weighted by Gasteiger charge is -2.41. The molecular formula is C38H44N10O3. The molecule has 264 valence electrons. The number of benzene rings is 1. The van der Waals surface area contributed by atoms with Crippen LogP contribution < -0.4 is 14.5 Å². The first-order chi connectivity index (χ1) is 24.7. The Balaban J connectivity index is 0.872. The summed E-state index contributed by atoms with van der Waals surface area (Å²) in [7, 11) is 1.86. The van der Waals surface area contributed by atoms with Gasteiger partial charge >= 0.3 is 0 Å². The van der Waals surface area contributed by atoms with Crippen molar-refractivity contribution in [2.24, 2.45) is 17.5 Å². The highest BCUT2D eigenvalue weighted by molar-refractivity contribution is 6.14. The zero-order valence-corrected chi connectivity index (χ0v) is 29.7. The minimum atomic E-state index is -0.491. The quantitative estimate of drug-likeness (QED) is 0.273. The van der Waals surface area contributed by atoms with Crippen molar-refractivity contribution in [3.63, 3.8) is 0 Å². The molecule has 2 atom stereocenters. The van der Waals surface area contributed by atoms with Gasteiger partial charge in [-0.15, -0.1) is 0 Å². The average Bonchev–Trinajstić information content (AvgIpc) is 3.92. The van der Waals surface area contributed by atoms with Gasteiger partial charge in [-0.25, -0.2) is 15.0 Å². The molecule has 3 fully saturated rings. The summed E-state index contributed by atoms with van der Waals surface area (Å²) in [6.07, 6.45) is 5.01. The van der Waals surface area contributed by atoms with Crippen molar-refractivity contribution in [2.45, 2.75) is 52.3 Å². The molecule has 8 rings (SSSR count). The Morgan fingerprint density at radius 2 is 1.78 bits per heavy atom. The van der Waals surface area contributed by atoms with Crippen molar-refractivity contribution < 1.29 is 14.3 Å². The Bertz CT molecular complexity index is 1970. The van der Waals surface area contributed by atoms with Gasteiger partial charge in [0.15, 0.2) is 5.82 Å². The number of ether oxygens (including phenoxy) is 1. The van der Waals surface area contributed by atoms with Crippen LogP contribution >= 0.6 is 0 Å². The maximum Gasteiger partial charge on any atom is 0.237 e. The Kier molecular flexibility index (Phi) is 8.53. The summed E-state index contributed by atoms with van der Waals surface area (Å²) in [4.78, 5) is 54.6. The average molecular weight is 689 g/mol. The molecular weight excluding hydrogens is 644 g/mol. The molecule has 0 aliphatic carbocycles. The topological polar surface area (TPSA) is 125 Å². The van der Waals surface area contributed by atoms with E-state index in [-0.39, 0.29) is 24.0 Å². The number of piperazine rings is 1. The Morgan fingerprint density at radius 1 is 0.980 bits per heavy atom. The zero-order valence-electron chi connectivity index (χ0n) is 29.7. The van der Waals surface area contributed by atoms with Crippen LogP contribution in [0, 0.1) is 5.41 Å². The lowest BCUT2D eigenvalue weighted by molar-refractivity contribution is -0.135. The lowest BCUT2D eigenvalue weighted by Crippen LogP contribution is -2.56. The summed E-state index contributed by atoms with van der Waals surface area (Å²) in [5.74, 6) is 2.17. The number of hydrogen-bond acceptors (Lipinski definition) is 10. The van der Waals surface area contributed by atoms with Gasteiger partial charge in [-0.3, -0.25) is 29.1 Å². The Hall–Kier alpha value is -5.17. The second-order valence-electron chi connectivity index (χ2n) is 14.5. The van der Waals surface area contributed by atoms with Crippen LogP contribution in [0.2, 0.25) is 0 Å². The van der Waals surface area contributed by atoms with E-state index in [9.17, 15) is 9.59 Å². The van der Waals surface area contributed by atoms with Gasteiger partial charge < -0.3 is 14.5 Å². The molecule has 1 spiro atoms. The van der Waals surface area contributed by atoms with Crippen LogP contribution in [0.3, 0.4) is 0 Å². The van der Waals surface area contributed by atoms with E-state index in [1.807, 2.05) is 55.0 Å². The van der Waals surface area contributed by atoms with E-state index in [1.54, 1.807) is 17.2 Å². The number of amides is 2. The van der Waals surface area contributed by atoms with Crippen LogP contribution in [0.15, 0.2) is 66.0 Å². The Morgan fingerprint density at radius 3 is 2.51 bits per heavy atom. The van der Waals surface area contributed by atoms with E-state index in [1.165, 1.54) is 0 Å². The number of likely N-dealkylation sites (tertiary alicyclic amines) is 1. The fourth-order valence-electron chi connectivity index (χ4n) is 7.91. The largest absolute Gasteiger partial charge is 0.475 e. The second-order valence-corrected chi connectivity index (χ2v) is 14.5. The van der Waals surface area contributed by atoms with Gasteiger partial charge in [0.2, 0.25) is 17.7 Å². The molecule has 3 saturated heterocycles. The molecule has 0 saturated carbocycles. The van der Waals surface area contributed by atoms with E-state index < -0.39 is 5.41 Å². The standard InChI is InChI=1S/C38H44N10O3/c1-25(2)51-32-12-8-28(19-39-32)34-35-29(20-40-34)7-11-31(42-35)48-16-14-38(37(48)50)13-15-45(23-38)22-33(49)47-18-17-46(21-26(47)3)30-9-5-27(6-10-30)36-41-24-44(4)43-36/h5-12,19,24-26H,13-18,20-23H2,1-4H3/t26-,38+/m1/s1. The highest BCUT2D eigenvalue weighted by Crippen LogP contribution is 2.42. The first kappa shape index (κ1) is 33.0.